The largest absolute Gasteiger partial charge is 0.435 e. The molecule has 2 aromatic carbocycles. The predicted octanol–water partition coefficient (Wildman–Crippen LogP) is 5.25. The number of rotatable bonds is 9. The third-order valence-electron chi connectivity index (χ3n) is 6.48. The van der Waals surface area contributed by atoms with Crippen molar-refractivity contribution in [1.82, 2.24) is 20.3 Å². The zero-order chi connectivity index (χ0) is 30.7. The van der Waals surface area contributed by atoms with Gasteiger partial charge in [0.25, 0.3) is 0 Å². The van der Waals surface area contributed by atoms with Crippen molar-refractivity contribution in [3.8, 4) is 22.9 Å². The Labute approximate surface area is 243 Å². The van der Waals surface area contributed by atoms with Crippen molar-refractivity contribution >= 4 is 21.7 Å². The number of alkyl halides is 1. The van der Waals surface area contributed by atoms with E-state index in [0.717, 1.165) is 6.07 Å². The summed E-state index contributed by atoms with van der Waals surface area (Å²) in [6, 6.07) is 8.54. The van der Waals surface area contributed by atoms with Gasteiger partial charge in [0.2, 0.25) is 27.7 Å². The number of anilines is 2. The van der Waals surface area contributed by atoms with Gasteiger partial charge in [-0.05, 0) is 36.8 Å². The minimum absolute atomic E-state index is 0.179. The van der Waals surface area contributed by atoms with Crippen LogP contribution in [0.15, 0.2) is 54.9 Å². The first kappa shape index (κ1) is 30.1. The molecule has 2 atom stereocenters. The Hall–Kier alpha value is -4.37. The first-order valence-corrected chi connectivity index (χ1v) is 14.6. The third kappa shape index (κ3) is 7.17. The van der Waals surface area contributed by atoms with Crippen LogP contribution in [0.25, 0.3) is 11.3 Å². The van der Waals surface area contributed by atoms with Gasteiger partial charge in [-0.2, -0.15) is 4.39 Å². The molecule has 5 rings (SSSR count). The first-order valence-electron chi connectivity index (χ1n) is 13.0. The number of nitrogens with one attached hydrogen (secondary N) is 3. The molecule has 0 spiro atoms. The summed E-state index contributed by atoms with van der Waals surface area (Å²) in [5.41, 5.74) is -0.522. The molecule has 0 aliphatic carbocycles. The van der Waals surface area contributed by atoms with E-state index in [1.54, 1.807) is 11.6 Å². The number of halogens is 5. The molecule has 226 valence electrons. The summed E-state index contributed by atoms with van der Waals surface area (Å²) in [5, 5.41) is 6.00. The molecule has 0 bridgehead atoms. The highest BCUT2D eigenvalue weighted by Gasteiger charge is 2.26. The molecular formula is C28H25F5N6O3S. The SMILES string of the molecule is Cc1ccc(CS(=O)(=O)Nc2c(F)cc(Oc3ncccc3-c3ccnc(NC4CNC[C@@H](F)C4)n3)c(F)c2F)c(F)c1. The summed E-state index contributed by atoms with van der Waals surface area (Å²) in [5.74, 6) is -7.84. The van der Waals surface area contributed by atoms with Crippen LogP contribution in [0.4, 0.5) is 33.6 Å². The van der Waals surface area contributed by atoms with Gasteiger partial charge in [0, 0.05) is 49.6 Å². The quantitative estimate of drug-likeness (QED) is 0.172. The van der Waals surface area contributed by atoms with E-state index in [1.165, 1.54) is 42.7 Å². The Bertz CT molecular complexity index is 1760. The molecule has 1 aliphatic rings. The first-order chi connectivity index (χ1) is 20.5. The van der Waals surface area contributed by atoms with Crippen molar-refractivity contribution in [2.45, 2.75) is 31.3 Å². The maximum absolute atomic E-state index is 15.1. The molecular weight excluding hydrogens is 595 g/mol. The Balaban J connectivity index is 1.38. The van der Waals surface area contributed by atoms with Crippen molar-refractivity contribution in [3.05, 3.63) is 89.3 Å². The van der Waals surface area contributed by atoms with E-state index in [0.29, 0.717) is 18.2 Å². The number of hydrogen-bond donors (Lipinski definition) is 3. The zero-order valence-electron chi connectivity index (χ0n) is 22.5. The average molecular weight is 621 g/mol. The Morgan fingerprint density at radius 1 is 1.00 bits per heavy atom. The third-order valence-corrected chi connectivity index (χ3v) is 7.68. The second-order valence-electron chi connectivity index (χ2n) is 9.87. The molecule has 0 radical (unpaired) electrons. The van der Waals surface area contributed by atoms with Crippen LogP contribution in [0, 0.1) is 30.2 Å². The maximum atomic E-state index is 15.1. The fourth-order valence-electron chi connectivity index (χ4n) is 4.44. The number of piperidine rings is 1. The smallest absolute Gasteiger partial charge is 0.237 e. The fraction of sp³-hybridized carbons (Fsp3) is 0.250. The lowest BCUT2D eigenvalue weighted by Crippen LogP contribution is -2.44. The number of nitrogens with zero attached hydrogens (tertiary/aromatic N) is 3. The van der Waals surface area contributed by atoms with Gasteiger partial charge in [-0.25, -0.2) is 40.9 Å². The van der Waals surface area contributed by atoms with Gasteiger partial charge in [0.05, 0.1) is 17.0 Å². The van der Waals surface area contributed by atoms with Gasteiger partial charge < -0.3 is 15.4 Å². The highest BCUT2D eigenvalue weighted by molar-refractivity contribution is 7.91. The van der Waals surface area contributed by atoms with E-state index in [1.807, 2.05) is 0 Å². The van der Waals surface area contributed by atoms with Crippen LogP contribution in [0.2, 0.25) is 0 Å². The van der Waals surface area contributed by atoms with E-state index >= 15 is 4.39 Å². The van der Waals surface area contributed by atoms with Gasteiger partial charge in [-0.1, -0.05) is 12.1 Å². The van der Waals surface area contributed by atoms with E-state index in [4.69, 9.17) is 4.74 Å². The standard InChI is InChI=1S/C28H25F5N6O3S/c1-15-4-5-16(20(30)9-15)14-43(40,41)39-26-21(31)11-23(24(32)25(26)33)42-27-19(3-2-7-35-27)22-6-8-36-28(38-22)37-18-10-17(29)12-34-13-18/h2-9,11,17-18,34,39H,10,12-14H2,1H3,(H,36,37,38)/t17-,18?/m0/s1. The number of pyridine rings is 1. The van der Waals surface area contributed by atoms with Crippen molar-refractivity contribution in [2.24, 2.45) is 0 Å². The van der Waals surface area contributed by atoms with E-state index in [-0.39, 0.29) is 47.7 Å². The maximum Gasteiger partial charge on any atom is 0.237 e. The molecule has 1 unspecified atom stereocenters. The molecule has 3 N–H and O–H groups in total. The second kappa shape index (κ2) is 12.5. The van der Waals surface area contributed by atoms with Crippen LogP contribution in [-0.2, 0) is 15.8 Å². The predicted molar refractivity (Wildman–Crippen MR) is 149 cm³/mol. The summed E-state index contributed by atoms with van der Waals surface area (Å²) in [6.07, 6.45) is 1.95. The van der Waals surface area contributed by atoms with Crippen LogP contribution in [0.5, 0.6) is 11.6 Å². The topological polar surface area (TPSA) is 118 Å². The number of aryl methyl sites for hydroxylation is 1. The van der Waals surface area contributed by atoms with Crippen molar-refractivity contribution < 1.29 is 35.1 Å². The summed E-state index contributed by atoms with van der Waals surface area (Å²) >= 11 is 0. The summed E-state index contributed by atoms with van der Waals surface area (Å²) in [4.78, 5) is 12.6. The van der Waals surface area contributed by atoms with Crippen LogP contribution < -0.4 is 20.1 Å². The fourth-order valence-corrected chi connectivity index (χ4v) is 5.65. The van der Waals surface area contributed by atoms with Gasteiger partial charge in [-0.3, -0.25) is 4.72 Å². The lowest BCUT2D eigenvalue weighted by molar-refractivity contribution is 0.254. The van der Waals surface area contributed by atoms with E-state index in [2.05, 4.69) is 25.6 Å². The lowest BCUT2D eigenvalue weighted by Gasteiger charge is -2.26. The zero-order valence-corrected chi connectivity index (χ0v) is 23.4. The summed E-state index contributed by atoms with van der Waals surface area (Å²) in [6.45, 7) is 2.36. The number of ether oxygens (including phenoxy) is 1. The number of benzene rings is 2. The average Bonchev–Trinajstić information content (AvgIpc) is 2.96. The normalized spacial score (nSPS) is 17.0. The van der Waals surface area contributed by atoms with Crippen molar-refractivity contribution in [2.75, 3.05) is 23.1 Å². The van der Waals surface area contributed by atoms with Crippen LogP contribution >= 0.6 is 0 Å². The molecule has 9 nitrogen and oxygen atoms in total. The molecule has 1 aliphatic heterocycles. The van der Waals surface area contributed by atoms with E-state index in [9.17, 15) is 26.0 Å². The minimum Gasteiger partial charge on any atom is -0.435 e. The Morgan fingerprint density at radius 3 is 2.58 bits per heavy atom. The Morgan fingerprint density at radius 2 is 1.81 bits per heavy atom. The minimum atomic E-state index is -4.55. The van der Waals surface area contributed by atoms with Gasteiger partial charge in [0.1, 0.15) is 17.7 Å². The molecule has 15 heteroatoms. The second-order valence-corrected chi connectivity index (χ2v) is 11.6. The molecule has 2 aromatic heterocycles. The Kier molecular flexibility index (Phi) is 8.73. The number of hydrogen-bond acceptors (Lipinski definition) is 8. The molecule has 1 saturated heterocycles. The monoisotopic (exact) mass is 620 g/mol. The van der Waals surface area contributed by atoms with Crippen molar-refractivity contribution in [1.29, 1.82) is 0 Å². The molecule has 3 heterocycles. The molecule has 1 fully saturated rings. The number of aromatic nitrogens is 3. The molecule has 0 amide bonds. The lowest BCUT2D eigenvalue weighted by atomic mass is 10.1. The number of sulfonamides is 1. The highest BCUT2D eigenvalue weighted by Crippen LogP contribution is 2.36. The highest BCUT2D eigenvalue weighted by atomic mass is 32.2. The summed E-state index contributed by atoms with van der Waals surface area (Å²) < 4.78 is 105. The van der Waals surface area contributed by atoms with Crippen LogP contribution in [-0.4, -0.2) is 48.7 Å². The van der Waals surface area contributed by atoms with Crippen LogP contribution in [0.3, 0.4) is 0 Å². The van der Waals surface area contributed by atoms with Crippen molar-refractivity contribution in [3.63, 3.8) is 0 Å². The van der Waals surface area contributed by atoms with Crippen LogP contribution in [0.1, 0.15) is 17.5 Å². The molecule has 0 saturated carbocycles. The summed E-state index contributed by atoms with van der Waals surface area (Å²) in [7, 11) is -4.55. The molecule has 4 aromatic rings. The van der Waals surface area contributed by atoms with Gasteiger partial charge >= 0.3 is 0 Å². The van der Waals surface area contributed by atoms with Gasteiger partial charge in [0.15, 0.2) is 17.4 Å². The van der Waals surface area contributed by atoms with Gasteiger partial charge in [-0.15, -0.1) is 0 Å². The van der Waals surface area contributed by atoms with E-state index < -0.39 is 56.7 Å². The molecule has 43 heavy (non-hydrogen) atoms.